The minimum atomic E-state index is -1.13. The van der Waals surface area contributed by atoms with E-state index in [1.165, 1.54) is 0 Å². The lowest BCUT2D eigenvalue weighted by molar-refractivity contribution is -0.137. The van der Waals surface area contributed by atoms with Gasteiger partial charge in [-0.25, -0.2) is 4.79 Å². The van der Waals surface area contributed by atoms with Crippen LogP contribution in [0, 0.1) is 0 Å². The Morgan fingerprint density at radius 2 is 1.75 bits per heavy atom. The molecule has 0 radical (unpaired) electrons. The van der Waals surface area contributed by atoms with E-state index < -0.39 is 24.5 Å². The smallest absolute Gasteiger partial charge is 0.322 e. The van der Waals surface area contributed by atoms with E-state index >= 15 is 0 Å². The molecule has 0 spiro atoms. The van der Waals surface area contributed by atoms with Crippen LogP contribution in [-0.2, 0) is 9.59 Å². The Hall–Kier alpha value is -1.83. The quantitative estimate of drug-likeness (QED) is 0.416. The van der Waals surface area contributed by atoms with E-state index in [0.717, 1.165) is 13.0 Å². The number of aliphatic carboxylic acids is 1. The molecule has 0 rings (SSSR count). The van der Waals surface area contributed by atoms with Gasteiger partial charge in [0.1, 0.15) is 6.54 Å². The lowest BCUT2D eigenvalue weighted by Gasteiger charge is -2.20. The van der Waals surface area contributed by atoms with Crippen LogP contribution in [0.3, 0.4) is 0 Å². The lowest BCUT2D eigenvalue weighted by Crippen LogP contribution is -2.43. The summed E-state index contributed by atoms with van der Waals surface area (Å²) >= 11 is 0. The normalized spacial score (nSPS) is 10.4. The Bertz CT molecular complexity index is 333. The fourth-order valence-electron chi connectivity index (χ4n) is 1.25. The summed E-state index contributed by atoms with van der Waals surface area (Å²) in [6.45, 7) is 4.87. The number of amides is 3. The van der Waals surface area contributed by atoms with Gasteiger partial charge in [0.15, 0.2) is 0 Å². The predicted octanol–water partition coefficient (Wildman–Crippen LogP) is -0.783. The van der Waals surface area contributed by atoms with Gasteiger partial charge in [0.2, 0.25) is 5.91 Å². The molecule has 0 fully saturated rings. The number of nitrogens with one attached hydrogen (secondary N) is 3. The fourth-order valence-corrected chi connectivity index (χ4v) is 1.25. The van der Waals surface area contributed by atoms with Gasteiger partial charge in [-0.2, -0.15) is 0 Å². The Labute approximate surface area is 118 Å². The number of carboxylic acids is 1. The van der Waals surface area contributed by atoms with Crippen molar-refractivity contribution in [2.75, 3.05) is 33.2 Å². The van der Waals surface area contributed by atoms with Crippen molar-refractivity contribution in [3.63, 3.8) is 0 Å². The summed E-state index contributed by atoms with van der Waals surface area (Å²) in [6.07, 6.45) is 0.813. The van der Waals surface area contributed by atoms with Crippen LogP contribution in [-0.4, -0.2) is 67.2 Å². The van der Waals surface area contributed by atoms with Crippen molar-refractivity contribution in [1.82, 2.24) is 20.9 Å². The molecule has 0 bridgehead atoms. The highest BCUT2D eigenvalue weighted by molar-refractivity contribution is 5.86. The SMILES string of the molecule is CC(C)N(C)CCCNC(=O)NCC(=O)NCC(=O)O. The van der Waals surface area contributed by atoms with Crippen LogP contribution in [0.15, 0.2) is 0 Å². The molecule has 0 aromatic carbocycles. The van der Waals surface area contributed by atoms with Crippen LogP contribution in [0.25, 0.3) is 0 Å². The molecule has 8 heteroatoms. The standard InChI is InChI=1S/C12H24N4O4/c1-9(2)16(3)6-4-5-13-12(20)15-7-10(17)14-8-11(18)19/h9H,4-8H2,1-3H3,(H,14,17)(H,18,19)(H2,13,15,20). The van der Waals surface area contributed by atoms with Gasteiger partial charge >= 0.3 is 12.0 Å². The average molecular weight is 288 g/mol. The summed E-state index contributed by atoms with van der Waals surface area (Å²) in [7, 11) is 2.01. The molecule has 0 unspecified atom stereocenters. The van der Waals surface area contributed by atoms with Crippen molar-refractivity contribution >= 4 is 17.9 Å². The molecule has 0 aliphatic rings. The highest BCUT2D eigenvalue weighted by atomic mass is 16.4. The number of carbonyl (C=O) groups excluding carboxylic acids is 2. The second kappa shape index (κ2) is 10.0. The summed E-state index contributed by atoms with van der Waals surface area (Å²) in [6, 6.07) is 0.0180. The Balaban J connectivity index is 3.59. The second-order valence-corrected chi connectivity index (χ2v) is 4.71. The summed E-state index contributed by atoms with van der Waals surface area (Å²) in [5.41, 5.74) is 0. The largest absolute Gasteiger partial charge is 0.480 e. The average Bonchev–Trinajstić information content (AvgIpc) is 2.38. The van der Waals surface area contributed by atoms with Crippen LogP contribution in [0.2, 0.25) is 0 Å². The molecule has 0 heterocycles. The molecule has 0 saturated carbocycles. The van der Waals surface area contributed by atoms with Crippen molar-refractivity contribution in [2.24, 2.45) is 0 Å². The number of nitrogens with zero attached hydrogens (tertiary/aromatic N) is 1. The maximum Gasteiger partial charge on any atom is 0.322 e. The van der Waals surface area contributed by atoms with Gasteiger partial charge in [-0.3, -0.25) is 9.59 Å². The van der Waals surface area contributed by atoms with Crippen LogP contribution < -0.4 is 16.0 Å². The summed E-state index contributed by atoms with van der Waals surface area (Å²) in [5.74, 6) is -1.67. The third-order valence-electron chi connectivity index (χ3n) is 2.70. The van der Waals surface area contributed by atoms with Crippen LogP contribution in [0.5, 0.6) is 0 Å². The van der Waals surface area contributed by atoms with Gasteiger partial charge in [0.05, 0.1) is 6.54 Å². The third kappa shape index (κ3) is 10.1. The molecule has 3 amide bonds. The zero-order valence-corrected chi connectivity index (χ0v) is 12.2. The van der Waals surface area contributed by atoms with E-state index in [1.807, 2.05) is 7.05 Å². The molecular formula is C12H24N4O4. The number of rotatable bonds is 9. The van der Waals surface area contributed by atoms with Crippen LogP contribution >= 0.6 is 0 Å². The molecule has 0 aromatic rings. The molecular weight excluding hydrogens is 264 g/mol. The van der Waals surface area contributed by atoms with E-state index in [4.69, 9.17) is 5.11 Å². The first-order chi connectivity index (χ1) is 9.32. The molecule has 0 aliphatic carbocycles. The van der Waals surface area contributed by atoms with Crippen molar-refractivity contribution in [1.29, 1.82) is 0 Å². The summed E-state index contributed by atoms with van der Waals surface area (Å²) < 4.78 is 0. The highest BCUT2D eigenvalue weighted by Crippen LogP contribution is 1.93. The van der Waals surface area contributed by atoms with Crippen molar-refractivity contribution in [3.8, 4) is 0 Å². The number of urea groups is 1. The highest BCUT2D eigenvalue weighted by Gasteiger charge is 2.06. The van der Waals surface area contributed by atoms with Crippen LogP contribution in [0.1, 0.15) is 20.3 Å². The Kier molecular flexibility index (Phi) is 9.10. The van der Waals surface area contributed by atoms with Crippen molar-refractivity contribution in [3.05, 3.63) is 0 Å². The Morgan fingerprint density at radius 1 is 1.10 bits per heavy atom. The molecule has 0 atom stereocenters. The predicted molar refractivity (Wildman–Crippen MR) is 74.4 cm³/mol. The summed E-state index contributed by atoms with van der Waals surface area (Å²) in [5, 5.41) is 15.5. The van der Waals surface area contributed by atoms with Crippen LogP contribution in [0.4, 0.5) is 4.79 Å². The zero-order valence-electron chi connectivity index (χ0n) is 12.2. The monoisotopic (exact) mass is 288 g/mol. The first kappa shape index (κ1) is 18.2. The molecule has 8 nitrogen and oxygen atoms in total. The van der Waals surface area contributed by atoms with E-state index in [-0.39, 0.29) is 6.54 Å². The number of hydrogen-bond acceptors (Lipinski definition) is 4. The first-order valence-corrected chi connectivity index (χ1v) is 6.53. The van der Waals surface area contributed by atoms with Gasteiger partial charge in [-0.1, -0.05) is 0 Å². The van der Waals surface area contributed by atoms with E-state index in [2.05, 4.69) is 34.7 Å². The first-order valence-electron chi connectivity index (χ1n) is 6.53. The maximum atomic E-state index is 11.3. The van der Waals surface area contributed by atoms with Gasteiger partial charge < -0.3 is 26.0 Å². The molecule has 20 heavy (non-hydrogen) atoms. The molecule has 0 aromatic heterocycles. The number of hydrogen-bond donors (Lipinski definition) is 4. The molecule has 116 valence electrons. The van der Waals surface area contributed by atoms with Gasteiger partial charge in [0, 0.05) is 12.6 Å². The minimum absolute atomic E-state index is 0.245. The number of carboxylic acid groups (broad SMARTS) is 1. The van der Waals surface area contributed by atoms with Crippen molar-refractivity contribution in [2.45, 2.75) is 26.3 Å². The summed E-state index contributed by atoms with van der Waals surface area (Å²) in [4.78, 5) is 34.8. The third-order valence-corrected chi connectivity index (χ3v) is 2.70. The van der Waals surface area contributed by atoms with E-state index in [0.29, 0.717) is 12.6 Å². The lowest BCUT2D eigenvalue weighted by atomic mass is 10.3. The van der Waals surface area contributed by atoms with Crippen molar-refractivity contribution < 1.29 is 19.5 Å². The molecule has 0 aliphatic heterocycles. The number of carbonyl (C=O) groups is 3. The van der Waals surface area contributed by atoms with E-state index in [1.54, 1.807) is 0 Å². The topological polar surface area (TPSA) is 111 Å². The van der Waals surface area contributed by atoms with Gasteiger partial charge in [-0.05, 0) is 33.9 Å². The Morgan fingerprint density at radius 3 is 2.30 bits per heavy atom. The van der Waals surface area contributed by atoms with Gasteiger partial charge in [-0.15, -0.1) is 0 Å². The van der Waals surface area contributed by atoms with Gasteiger partial charge in [0.25, 0.3) is 0 Å². The van der Waals surface area contributed by atoms with E-state index in [9.17, 15) is 14.4 Å². The maximum absolute atomic E-state index is 11.3. The molecule has 4 N–H and O–H groups in total. The second-order valence-electron chi connectivity index (χ2n) is 4.71. The minimum Gasteiger partial charge on any atom is -0.480 e. The zero-order chi connectivity index (χ0) is 15.5. The fraction of sp³-hybridized carbons (Fsp3) is 0.750. The molecule has 0 saturated heterocycles.